The van der Waals surface area contributed by atoms with Crippen molar-refractivity contribution in [2.24, 2.45) is 0 Å². The number of benzene rings is 1. The summed E-state index contributed by atoms with van der Waals surface area (Å²) in [7, 11) is 1.60. The molecule has 0 radical (unpaired) electrons. The van der Waals surface area contributed by atoms with Gasteiger partial charge in [0, 0.05) is 44.5 Å². The van der Waals surface area contributed by atoms with E-state index in [0.29, 0.717) is 6.42 Å². The second-order valence-electron chi connectivity index (χ2n) is 6.58. The summed E-state index contributed by atoms with van der Waals surface area (Å²) >= 11 is 0. The second kappa shape index (κ2) is 7.55. The van der Waals surface area contributed by atoms with Crippen molar-refractivity contribution in [3.05, 3.63) is 24.3 Å². The molecule has 0 spiro atoms. The van der Waals surface area contributed by atoms with Gasteiger partial charge in [-0.2, -0.15) is 0 Å². The number of amides is 4. The zero-order valence-electron chi connectivity index (χ0n) is 14.5. The van der Waals surface area contributed by atoms with E-state index in [2.05, 4.69) is 10.2 Å². The third-order valence-electron chi connectivity index (χ3n) is 4.64. The van der Waals surface area contributed by atoms with Gasteiger partial charge in [-0.1, -0.05) is 0 Å². The van der Waals surface area contributed by atoms with Gasteiger partial charge in [-0.3, -0.25) is 14.5 Å². The van der Waals surface area contributed by atoms with E-state index in [0.717, 1.165) is 18.8 Å². The number of anilines is 2. The molecule has 4 amide bonds. The molecule has 2 aliphatic heterocycles. The van der Waals surface area contributed by atoms with E-state index >= 15 is 0 Å². The Morgan fingerprint density at radius 3 is 2.40 bits per heavy atom. The molecule has 2 fully saturated rings. The topological polar surface area (TPSA) is 73.0 Å². The number of carbonyl (C=O) groups excluding carboxylic acids is 3. The Morgan fingerprint density at radius 2 is 1.80 bits per heavy atom. The highest BCUT2D eigenvalue weighted by molar-refractivity contribution is 6.01. The molecule has 0 atom stereocenters. The molecule has 0 aliphatic carbocycles. The van der Waals surface area contributed by atoms with Gasteiger partial charge >= 0.3 is 6.03 Å². The minimum absolute atomic E-state index is 0.110. The molecule has 2 heterocycles. The van der Waals surface area contributed by atoms with Crippen LogP contribution in [0.3, 0.4) is 0 Å². The first-order chi connectivity index (χ1) is 12.0. The zero-order chi connectivity index (χ0) is 17.8. The van der Waals surface area contributed by atoms with Gasteiger partial charge in [-0.15, -0.1) is 0 Å². The maximum absolute atomic E-state index is 12.0. The summed E-state index contributed by atoms with van der Waals surface area (Å²) in [6.45, 7) is 2.58. The average Bonchev–Trinajstić information content (AvgIpc) is 3.20. The van der Waals surface area contributed by atoms with Crippen LogP contribution in [0.5, 0.6) is 0 Å². The Labute approximate surface area is 147 Å². The van der Waals surface area contributed by atoms with Crippen molar-refractivity contribution in [2.45, 2.75) is 25.7 Å². The summed E-state index contributed by atoms with van der Waals surface area (Å²) in [5.74, 6) is -0.313. The number of likely N-dealkylation sites (N-methyl/N-ethyl adjacent to an activating group) is 1. The van der Waals surface area contributed by atoms with E-state index in [1.807, 2.05) is 24.3 Å². The van der Waals surface area contributed by atoms with Crippen LogP contribution < -0.4 is 10.2 Å². The van der Waals surface area contributed by atoms with Gasteiger partial charge in [0.2, 0.25) is 11.8 Å². The molecular weight excluding hydrogens is 320 g/mol. The van der Waals surface area contributed by atoms with Gasteiger partial charge < -0.3 is 15.1 Å². The third-order valence-corrected chi connectivity index (χ3v) is 4.64. The maximum Gasteiger partial charge on any atom is 0.326 e. The van der Waals surface area contributed by atoms with Crippen molar-refractivity contribution in [3.63, 3.8) is 0 Å². The highest BCUT2D eigenvalue weighted by Gasteiger charge is 2.32. The van der Waals surface area contributed by atoms with Crippen molar-refractivity contribution in [1.29, 1.82) is 0 Å². The molecule has 7 nitrogen and oxygen atoms in total. The van der Waals surface area contributed by atoms with Crippen molar-refractivity contribution < 1.29 is 14.4 Å². The molecule has 134 valence electrons. The van der Waals surface area contributed by atoms with Crippen LogP contribution in [0.2, 0.25) is 0 Å². The van der Waals surface area contributed by atoms with Crippen molar-refractivity contribution in [2.75, 3.05) is 43.4 Å². The van der Waals surface area contributed by atoms with Gasteiger partial charge in [-0.05, 0) is 43.5 Å². The standard InChI is InChI=1S/C18H24N4O3/c1-20-13-17(24)22(18(20)25)12-4-5-16(23)19-14-6-8-15(9-7-14)21-10-2-3-11-21/h6-9H,2-5,10-13H2,1H3,(H,19,23). The van der Waals surface area contributed by atoms with E-state index in [1.54, 1.807) is 7.05 Å². The fourth-order valence-corrected chi connectivity index (χ4v) is 3.24. The summed E-state index contributed by atoms with van der Waals surface area (Å²) in [6.07, 6.45) is 3.20. The number of hydrogen-bond donors (Lipinski definition) is 1. The predicted molar refractivity (Wildman–Crippen MR) is 95.5 cm³/mol. The van der Waals surface area contributed by atoms with Crippen molar-refractivity contribution >= 4 is 29.2 Å². The van der Waals surface area contributed by atoms with Crippen LogP contribution in [-0.2, 0) is 9.59 Å². The van der Waals surface area contributed by atoms with Gasteiger partial charge in [-0.25, -0.2) is 4.79 Å². The highest BCUT2D eigenvalue weighted by atomic mass is 16.2. The minimum Gasteiger partial charge on any atom is -0.372 e. The van der Waals surface area contributed by atoms with Crippen LogP contribution in [0.25, 0.3) is 0 Å². The lowest BCUT2D eigenvalue weighted by Gasteiger charge is -2.18. The molecule has 2 saturated heterocycles. The number of nitrogens with zero attached hydrogens (tertiary/aromatic N) is 3. The Kier molecular flexibility index (Phi) is 5.21. The fourth-order valence-electron chi connectivity index (χ4n) is 3.24. The average molecular weight is 344 g/mol. The van der Waals surface area contributed by atoms with Crippen LogP contribution >= 0.6 is 0 Å². The monoisotopic (exact) mass is 344 g/mol. The Morgan fingerprint density at radius 1 is 1.12 bits per heavy atom. The Bertz CT molecular complexity index is 653. The fraction of sp³-hybridized carbons (Fsp3) is 0.500. The number of carbonyl (C=O) groups is 3. The SMILES string of the molecule is CN1CC(=O)N(CCCC(=O)Nc2ccc(N3CCCC3)cc2)C1=O. The lowest BCUT2D eigenvalue weighted by atomic mass is 10.2. The van der Waals surface area contributed by atoms with Crippen molar-refractivity contribution in [3.8, 4) is 0 Å². The molecule has 0 bridgehead atoms. The highest BCUT2D eigenvalue weighted by Crippen LogP contribution is 2.22. The molecule has 2 aliphatic rings. The Hall–Kier alpha value is -2.57. The van der Waals surface area contributed by atoms with Gasteiger partial charge in [0.05, 0.1) is 0 Å². The van der Waals surface area contributed by atoms with E-state index in [9.17, 15) is 14.4 Å². The van der Waals surface area contributed by atoms with Gasteiger partial charge in [0.15, 0.2) is 0 Å². The molecule has 7 heteroatoms. The summed E-state index contributed by atoms with van der Waals surface area (Å²) in [6, 6.07) is 7.58. The normalized spacial score (nSPS) is 17.6. The number of imide groups is 1. The number of rotatable bonds is 6. The molecular formula is C18H24N4O3. The molecule has 0 unspecified atom stereocenters. The van der Waals surface area contributed by atoms with Crippen LogP contribution in [0.1, 0.15) is 25.7 Å². The summed E-state index contributed by atoms with van der Waals surface area (Å²) < 4.78 is 0. The van der Waals surface area contributed by atoms with E-state index in [4.69, 9.17) is 0 Å². The summed E-state index contributed by atoms with van der Waals surface area (Å²) in [5.41, 5.74) is 1.95. The minimum atomic E-state index is -0.289. The summed E-state index contributed by atoms with van der Waals surface area (Å²) in [5, 5.41) is 2.86. The molecule has 25 heavy (non-hydrogen) atoms. The van der Waals surface area contributed by atoms with E-state index in [1.165, 1.54) is 28.3 Å². The first-order valence-electron chi connectivity index (χ1n) is 8.75. The quantitative estimate of drug-likeness (QED) is 0.800. The lowest BCUT2D eigenvalue weighted by molar-refractivity contribution is -0.125. The number of urea groups is 1. The number of hydrogen-bond acceptors (Lipinski definition) is 4. The van der Waals surface area contributed by atoms with Crippen molar-refractivity contribution in [1.82, 2.24) is 9.80 Å². The molecule has 0 aromatic heterocycles. The predicted octanol–water partition coefficient (Wildman–Crippen LogP) is 1.90. The van der Waals surface area contributed by atoms with Crippen LogP contribution in [0.15, 0.2) is 24.3 Å². The molecule has 0 saturated carbocycles. The molecule has 3 rings (SSSR count). The largest absolute Gasteiger partial charge is 0.372 e. The number of nitrogens with one attached hydrogen (secondary N) is 1. The molecule has 1 N–H and O–H groups in total. The van der Waals surface area contributed by atoms with Gasteiger partial charge in [0.25, 0.3) is 0 Å². The third kappa shape index (κ3) is 4.10. The first kappa shape index (κ1) is 17.3. The smallest absolute Gasteiger partial charge is 0.326 e. The summed E-state index contributed by atoms with van der Waals surface area (Å²) in [4.78, 5) is 40.4. The van der Waals surface area contributed by atoms with E-state index < -0.39 is 0 Å². The first-order valence-corrected chi connectivity index (χ1v) is 8.75. The van der Waals surface area contributed by atoms with E-state index in [-0.39, 0.29) is 37.4 Å². The molecule has 1 aromatic rings. The van der Waals surface area contributed by atoms with Crippen LogP contribution in [0.4, 0.5) is 16.2 Å². The zero-order valence-corrected chi connectivity index (χ0v) is 14.5. The van der Waals surface area contributed by atoms with Gasteiger partial charge in [0.1, 0.15) is 6.54 Å². The Balaban J connectivity index is 1.43. The molecule has 1 aromatic carbocycles. The van der Waals surface area contributed by atoms with Crippen LogP contribution in [-0.4, -0.2) is 60.9 Å². The lowest BCUT2D eigenvalue weighted by Crippen LogP contribution is -2.32. The van der Waals surface area contributed by atoms with Crippen LogP contribution in [0, 0.1) is 0 Å². The second-order valence-corrected chi connectivity index (χ2v) is 6.58. The maximum atomic E-state index is 12.0.